The molecule has 246 valence electrons. The Hall–Kier alpha value is -4.34. The van der Waals surface area contributed by atoms with Crippen molar-refractivity contribution in [2.75, 3.05) is 62.7 Å². The first-order valence-corrected chi connectivity index (χ1v) is 16.8. The number of likely N-dealkylation sites (tertiary alicyclic amines) is 1. The Morgan fingerprint density at radius 1 is 0.979 bits per heavy atom. The average molecular weight is 641 g/mol. The molecule has 2 atom stereocenters. The first kappa shape index (κ1) is 31.3. The molecule has 1 saturated carbocycles. The van der Waals surface area contributed by atoms with E-state index >= 15 is 4.39 Å². The molecule has 12 heteroatoms. The number of halogens is 1. The number of alkyl halides is 1. The van der Waals surface area contributed by atoms with E-state index in [4.69, 9.17) is 9.47 Å². The summed E-state index contributed by atoms with van der Waals surface area (Å²) in [6, 6.07) is 16.0. The third kappa shape index (κ3) is 7.16. The van der Waals surface area contributed by atoms with Gasteiger partial charge in [-0.2, -0.15) is 10.2 Å². The summed E-state index contributed by atoms with van der Waals surface area (Å²) in [5.74, 6) is 1.17. The Morgan fingerprint density at radius 2 is 1.77 bits per heavy atom. The summed E-state index contributed by atoms with van der Waals surface area (Å²) < 4.78 is 26.6. The first-order chi connectivity index (χ1) is 23.0. The second-order valence-corrected chi connectivity index (χ2v) is 12.9. The second-order valence-electron chi connectivity index (χ2n) is 12.9. The van der Waals surface area contributed by atoms with Gasteiger partial charge in [-0.1, -0.05) is 19.3 Å². The van der Waals surface area contributed by atoms with Crippen molar-refractivity contribution < 1.29 is 18.7 Å². The van der Waals surface area contributed by atoms with Gasteiger partial charge in [-0.05, 0) is 55.3 Å². The maximum atomic E-state index is 15.2. The minimum absolute atomic E-state index is 0.0159. The lowest BCUT2D eigenvalue weighted by Crippen LogP contribution is -2.56. The van der Waals surface area contributed by atoms with E-state index in [-0.39, 0.29) is 23.9 Å². The molecule has 0 radical (unpaired) electrons. The van der Waals surface area contributed by atoms with Gasteiger partial charge in [-0.15, -0.1) is 0 Å². The number of piperazine rings is 1. The lowest BCUT2D eigenvalue weighted by Gasteiger charge is -2.43. The summed E-state index contributed by atoms with van der Waals surface area (Å²) in [6.45, 7) is 6.25. The monoisotopic (exact) mass is 640 g/mol. The highest BCUT2D eigenvalue weighted by Crippen LogP contribution is 2.31. The molecule has 0 unspecified atom stereocenters. The Kier molecular flexibility index (Phi) is 9.44. The van der Waals surface area contributed by atoms with Gasteiger partial charge >= 0.3 is 0 Å². The van der Waals surface area contributed by atoms with Gasteiger partial charge in [0.2, 0.25) is 11.9 Å². The number of ether oxygens (including phenoxy) is 2. The fraction of sp³-hybridized carbons (Fsp3) is 0.514. The highest BCUT2D eigenvalue weighted by atomic mass is 19.1. The van der Waals surface area contributed by atoms with Crippen LogP contribution in [-0.4, -0.2) is 101 Å². The zero-order valence-electron chi connectivity index (χ0n) is 26.6. The number of rotatable bonds is 8. The Bertz CT molecular complexity index is 1580. The topological polar surface area (TPSA) is 120 Å². The van der Waals surface area contributed by atoms with Gasteiger partial charge in [0.1, 0.15) is 24.3 Å². The summed E-state index contributed by atoms with van der Waals surface area (Å²) in [5, 5.41) is 13.2. The summed E-state index contributed by atoms with van der Waals surface area (Å²) in [6.07, 6.45) is 4.84. The standard InChI is InChI=1S/C35H41FN8O3/c36-30-20-44(34(45)24-4-2-1-3-5-24)13-12-32(30)47-31-11-6-25(18-26(31)19-37)33-38-23-39-35(41-33)40-27-7-9-28(10-8-27)42-14-16-43(17-15-42)29-21-46-22-29/h6-11,18,23-24,29-30,32H,1-5,12-17,20-22H2,(H,38,39,40,41)/t30-,32+/m1/s1. The van der Waals surface area contributed by atoms with E-state index in [1.165, 1.54) is 18.4 Å². The van der Waals surface area contributed by atoms with Crippen LogP contribution in [-0.2, 0) is 9.53 Å². The maximum absolute atomic E-state index is 15.2. The normalized spacial score (nSPS) is 22.7. The van der Waals surface area contributed by atoms with Gasteiger partial charge in [-0.25, -0.2) is 14.4 Å². The van der Waals surface area contributed by atoms with Crippen molar-refractivity contribution in [2.45, 2.75) is 56.8 Å². The number of nitriles is 1. The van der Waals surface area contributed by atoms with E-state index in [1.54, 1.807) is 23.1 Å². The van der Waals surface area contributed by atoms with E-state index in [9.17, 15) is 10.1 Å². The summed E-state index contributed by atoms with van der Waals surface area (Å²) in [7, 11) is 0. The molecule has 11 nitrogen and oxygen atoms in total. The number of hydrogen-bond acceptors (Lipinski definition) is 10. The zero-order valence-corrected chi connectivity index (χ0v) is 26.6. The van der Waals surface area contributed by atoms with Gasteiger partial charge in [-0.3, -0.25) is 9.69 Å². The van der Waals surface area contributed by atoms with Gasteiger partial charge in [0.15, 0.2) is 12.0 Å². The van der Waals surface area contributed by atoms with Crippen LogP contribution in [0.15, 0.2) is 48.8 Å². The van der Waals surface area contributed by atoms with Crippen molar-refractivity contribution >= 4 is 23.2 Å². The van der Waals surface area contributed by atoms with E-state index in [2.05, 4.69) is 48.3 Å². The maximum Gasteiger partial charge on any atom is 0.230 e. The SMILES string of the molecule is N#Cc1cc(-c2ncnc(Nc3ccc(N4CCN(C5COC5)CC4)cc3)n2)ccc1O[C@H]1CCN(C(=O)C2CCCCC2)C[C@H]1F. The number of nitrogens with one attached hydrogen (secondary N) is 1. The van der Waals surface area contributed by atoms with Gasteiger partial charge in [0.05, 0.1) is 31.4 Å². The fourth-order valence-electron chi connectivity index (χ4n) is 7.01. The molecule has 4 fully saturated rings. The van der Waals surface area contributed by atoms with Crippen LogP contribution in [0.25, 0.3) is 11.4 Å². The summed E-state index contributed by atoms with van der Waals surface area (Å²) >= 11 is 0. The van der Waals surface area contributed by atoms with Crippen LogP contribution in [0.4, 0.5) is 21.7 Å². The highest BCUT2D eigenvalue weighted by Gasteiger charge is 2.36. The van der Waals surface area contributed by atoms with Crippen molar-refractivity contribution in [3.05, 3.63) is 54.4 Å². The number of nitrogens with zero attached hydrogens (tertiary/aromatic N) is 7. The molecule has 3 saturated heterocycles. The minimum Gasteiger partial charge on any atom is -0.486 e. The molecule has 2 aromatic carbocycles. The van der Waals surface area contributed by atoms with Crippen LogP contribution in [0.1, 0.15) is 44.1 Å². The van der Waals surface area contributed by atoms with Crippen LogP contribution in [0.3, 0.4) is 0 Å². The van der Waals surface area contributed by atoms with E-state index in [0.29, 0.717) is 42.1 Å². The molecule has 0 spiro atoms. The number of benzene rings is 2. The summed E-state index contributed by atoms with van der Waals surface area (Å²) in [4.78, 5) is 32.7. The van der Waals surface area contributed by atoms with Gasteiger partial charge < -0.3 is 24.6 Å². The molecule has 1 aliphatic carbocycles. The van der Waals surface area contributed by atoms with Crippen LogP contribution in [0.5, 0.6) is 5.75 Å². The average Bonchev–Trinajstić information content (AvgIpc) is 3.09. The van der Waals surface area contributed by atoms with Gasteiger partial charge in [0.25, 0.3) is 0 Å². The smallest absolute Gasteiger partial charge is 0.230 e. The number of aromatic nitrogens is 3. The molecule has 3 aliphatic heterocycles. The molecule has 1 aromatic heterocycles. The molecular formula is C35H41FN8O3. The third-order valence-electron chi connectivity index (χ3n) is 9.90. The number of carbonyl (C=O) groups is 1. The van der Waals surface area contributed by atoms with Crippen molar-refractivity contribution in [1.29, 1.82) is 5.26 Å². The quantitative estimate of drug-likeness (QED) is 0.375. The Labute approximate surface area is 274 Å². The molecule has 1 amide bonds. The van der Waals surface area contributed by atoms with Crippen LogP contribution < -0.4 is 15.0 Å². The van der Waals surface area contributed by atoms with Crippen molar-refractivity contribution in [2.24, 2.45) is 5.92 Å². The van der Waals surface area contributed by atoms with Crippen molar-refractivity contribution in [3.8, 4) is 23.2 Å². The first-order valence-electron chi connectivity index (χ1n) is 16.8. The Balaban J connectivity index is 0.954. The number of carbonyl (C=O) groups excluding carboxylic acids is 1. The lowest BCUT2D eigenvalue weighted by atomic mass is 9.87. The van der Waals surface area contributed by atoms with Crippen molar-refractivity contribution in [1.82, 2.24) is 24.8 Å². The number of piperidine rings is 1. The third-order valence-corrected chi connectivity index (χ3v) is 9.90. The lowest BCUT2D eigenvalue weighted by molar-refractivity contribution is -0.140. The number of amides is 1. The molecule has 0 bridgehead atoms. The van der Waals surface area contributed by atoms with E-state index in [0.717, 1.165) is 70.8 Å². The number of hydrogen-bond donors (Lipinski definition) is 1. The minimum atomic E-state index is -1.33. The molecule has 4 aliphatic rings. The van der Waals surface area contributed by atoms with Crippen molar-refractivity contribution in [3.63, 3.8) is 0 Å². The predicted molar refractivity (Wildman–Crippen MR) is 175 cm³/mol. The molecule has 7 rings (SSSR count). The molecule has 1 N–H and O–H groups in total. The molecular weight excluding hydrogens is 599 g/mol. The largest absolute Gasteiger partial charge is 0.486 e. The Morgan fingerprint density at radius 3 is 2.47 bits per heavy atom. The molecule has 4 heterocycles. The van der Waals surface area contributed by atoms with Gasteiger partial charge in [0, 0.05) is 62.0 Å². The predicted octanol–water partition coefficient (Wildman–Crippen LogP) is 4.57. The summed E-state index contributed by atoms with van der Waals surface area (Å²) in [5.41, 5.74) is 2.92. The van der Waals surface area contributed by atoms with Crippen LogP contribution in [0, 0.1) is 17.2 Å². The van der Waals surface area contributed by atoms with E-state index < -0.39 is 12.3 Å². The highest BCUT2D eigenvalue weighted by molar-refractivity contribution is 5.79. The second kappa shape index (κ2) is 14.2. The molecule has 3 aromatic rings. The number of anilines is 3. The van der Waals surface area contributed by atoms with Crippen LogP contribution in [0.2, 0.25) is 0 Å². The van der Waals surface area contributed by atoms with Crippen LogP contribution >= 0.6 is 0 Å². The zero-order chi connectivity index (χ0) is 32.2. The fourth-order valence-corrected chi connectivity index (χ4v) is 7.01. The molecule has 47 heavy (non-hydrogen) atoms. The van der Waals surface area contributed by atoms with E-state index in [1.807, 2.05) is 12.1 Å².